The molecular formula is C41H40N6O6. The Labute approximate surface area is 306 Å². The second kappa shape index (κ2) is 15.6. The molecule has 1 aromatic heterocycles. The van der Waals surface area contributed by atoms with Crippen LogP contribution in [0.2, 0.25) is 0 Å². The first kappa shape index (κ1) is 35.3. The maximum atomic E-state index is 13.3. The number of benzene rings is 4. The normalized spacial score (nSPS) is 18.0. The molecule has 2 aliphatic heterocycles. The van der Waals surface area contributed by atoms with Crippen molar-refractivity contribution in [2.45, 2.75) is 50.0 Å². The third-order valence-electron chi connectivity index (χ3n) is 9.88. The number of nitrogens with zero attached hydrogens (tertiary/aromatic N) is 3. The highest BCUT2D eigenvalue weighted by Gasteiger charge is 2.38. The third-order valence-corrected chi connectivity index (χ3v) is 9.88. The van der Waals surface area contributed by atoms with E-state index in [-0.39, 0.29) is 11.8 Å². The minimum absolute atomic E-state index is 0.310. The van der Waals surface area contributed by atoms with Crippen molar-refractivity contribution < 1.29 is 29.4 Å². The average molecular weight is 713 g/mol. The van der Waals surface area contributed by atoms with Crippen LogP contribution in [0.25, 0.3) is 22.5 Å². The number of hydrogen-bond acceptors (Lipinski definition) is 7. The van der Waals surface area contributed by atoms with Crippen molar-refractivity contribution in [3.63, 3.8) is 0 Å². The van der Waals surface area contributed by atoms with Gasteiger partial charge >= 0.3 is 0 Å². The number of amides is 4. The van der Waals surface area contributed by atoms with Crippen LogP contribution in [-0.4, -0.2) is 78.8 Å². The molecule has 12 nitrogen and oxygen atoms in total. The highest BCUT2D eigenvalue weighted by Crippen LogP contribution is 2.32. The largest absolute Gasteiger partial charge is 0.378 e. The van der Waals surface area contributed by atoms with Gasteiger partial charge in [-0.15, -0.1) is 0 Å². The Morgan fingerprint density at radius 2 is 1.06 bits per heavy atom. The van der Waals surface area contributed by atoms with E-state index in [4.69, 9.17) is 0 Å². The van der Waals surface area contributed by atoms with Crippen molar-refractivity contribution in [3.05, 3.63) is 127 Å². The van der Waals surface area contributed by atoms with E-state index in [1.807, 2.05) is 36.4 Å². The number of carbonyl (C=O) groups is 4. The fourth-order valence-electron chi connectivity index (χ4n) is 7.09. The molecular weight excluding hydrogens is 672 g/mol. The summed E-state index contributed by atoms with van der Waals surface area (Å²) in [6.45, 7) is 0.797. The van der Waals surface area contributed by atoms with Crippen LogP contribution in [0.3, 0.4) is 0 Å². The third kappa shape index (κ3) is 7.59. The van der Waals surface area contributed by atoms with E-state index in [0.29, 0.717) is 67.0 Å². The fourth-order valence-corrected chi connectivity index (χ4v) is 7.09. The first-order chi connectivity index (χ1) is 25.8. The van der Waals surface area contributed by atoms with Gasteiger partial charge in [-0.1, -0.05) is 84.9 Å². The Kier molecular flexibility index (Phi) is 10.4. The molecule has 7 rings (SSSR count). The summed E-state index contributed by atoms with van der Waals surface area (Å²) in [5.74, 6) is -1.60. The zero-order chi connectivity index (χ0) is 36.9. The summed E-state index contributed by atoms with van der Waals surface area (Å²) in [5.41, 5.74) is 5.21. The highest BCUT2D eigenvalue weighted by molar-refractivity contribution is 5.99. The van der Waals surface area contributed by atoms with E-state index in [1.54, 1.807) is 79.1 Å². The molecule has 0 bridgehead atoms. The van der Waals surface area contributed by atoms with Gasteiger partial charge in [-0.25, -0.2) is 4.98 Å². The van der Waals surface area contributed by atoms with E-state index in [2.05, 4.69) is 20.6 Å². The molecule has 53 heavy (non-hydrogen) atoms. The van der Waals surface area contributed by atoms with Crippen LogP contribution >= 0.6 is 0 Å². The van der Waals surface area contributed by atoms with Crippen molar-refractivity contribution in [3.8, 4) is 22.5 Å². The SMILES string of the molecule is O=C(Nc1ccc(-c2nc[nH]c2-c2ccc(NC(=O)C3CCCN3C(=O)[C@@H](O)c3ccccc3)cc2)cc1)C1CCCN1C(=O)[C@@H](O)c1ccccc1. The number of aromatic nitrogens is 2. The number of nitrogens with one attached hydrogen (secondary N) is 3. The number of aliphatic hydroxyl groups is 2. The molecule has 4 atom stereocenters. The van der Waals surface area contributed by atoms with E-state index in [1.165, 1.54) is 9.80 Å². The second-order valence-corrected chi connectivity index (χ2v) is 13.3. The first-order valence-electron chi connectivity index (χ1n) is 17.7. The minimum Gasteiger partial charge on any atom is -0.378 e. The van der Waals surface area contributed by atoms with Gasteiger partial charge in [-0.3, -0.25) is 19.2 Å². The molecule has 3 heterocycles. The predicted octanol–water partition coefficient (Wildman–Crippen LogP) is 5.07. The zero-order valence-electron chi connectivity index (χ0n) is 28.9. The Balaban J connectivity index is 0.969. The number of imidazole rings is 1. The monoisotopic (exact) mass is 712 g/mol. The quantitative estimate of drug-likeness (QED) is 0.135. The van der Waals surface area contributed by atoms with E-state index >= 15 is 0 Å². The van der Waals surface area contributed by atoms with Crippen LogP contribution in [0.1, 0.15) is 49.0 Å². The van der Waals surface area contributed by atoms with Gasteiger partial charge in [0.1, 0.15) is 12.1 Å². The molecule has 270 valence electrons. The lowest BCUT2D eigenvalue weighted by molar-refractivity contribution is -0.144. The summed E-state index contributed by atoms with van der Waals surface area (Å²) in [4.78, 5) is 63.4. The average Bonchev–Trinajstić information content (AvgIpc) is 4.00. The van der Waals surface area contributed by atoms with Crippen LogP contribution in [0.5, 0.6) is 0 Å². The predicted molar refractivity (Wildman–Crippen MR) is 199 cm³/mol. The Morgan fingerprint density at radius 1 is 0.623 bits per heavy atom. The van der Waals surface area contributed by atoms with E-state index < -0.39 is 36.1 Å². The van der Waals surface area contributed by atoms with Crippen molar-refractivity contribution in [1.82, 2.24) is 19.8 Å². The molecule has 0 spiro atoms. The maximum absolute atomic E-state index is 13.3. The van der Waals surface area contributed by atoms with Gasteiger partial charge in [0.2, 0.25) is 11.8 Å². The van der Waals surface area contributed by atoms with Crippen molar-refractivity contribution in [1.29, 1.82) is 0 Å². The van der Waals surface area contributed by atoms with E-state index in [0.717, 1.165) is 16.8 Å². The van der Waals surface area contributed by atoms with Crippen LogP contribution in [0.4, 0.5) is 11.4 Å². The lowest BCUT2D eigenvalue weighted by Crippen LogP contribution is -2.45. The topological polar surface area (TPSA) is 168 Å². The fraction of sp³-hybridized carbons (Fsp3) is 0.244. The molecule has 2 fully saturated rings. The summed E-state index contributed by atoms with van der Waals surface area (Å²) >= 11 is 0. The van der Waals surface area contributed by atoms with Gasteiger partial charge in [-0.2, -0.15) is 0 Å². The second-order valence-electron chi connectivity index (χ2n) is 13.3. The zero-order valence-corrected chi connectivity index (χ0v) is 28.9. The lowest BCUT2D eigenvalue weighted by Gasteiger charge is -2.26. The molecule has 0 saturated carbocycles. The molecule has 5 N–H and O–H groups in total. The number of hydrogen-bond donors (Lipinski definition) is 5. The lowest BCUT2D eigenvalue weighted by atomic mass is 10.0. The van der Waals surface area contributed by atoms with Crippen molar-refractivity contribution >= 4 is 35.0 Å². The molecule has 4 amide bonds. The Morgan fingerprint density at radius 3 is 1.51 bits per heavy atom. The highest BCUT2D eigenvalue weighted by atomic mass is 16.3. The molecule has 4 aromatic carbocycles. The van der Waals surface area contributed by atoms with Crippen LogP contribution in [0, 0.1) is 0 Å². The number of likely N-dealkylation sites (tertiary alicyclic amines) is 2. The van der Waals surface area contributed by atoms with Gasteiger partial charge in [0.25, 0.3) is 11.8 Å². The molecule has 2 saturated heterocycles. The standard InChI is InChI=1S/C41H40N6O6/c48-36(28-9-3-1-4-10-28)40(52)46-23-7-13-32(46)38(50)44-30-19-15-26(16-20-30)34-35(43-25-42-34)27-17-21-31(22-18-27)45-39(51)33-14-8-24-47(33)41(53)37(49)29-11-5-2-6-12-29/h1-6,9-12,15-22,25,32-33,36-37,48-49H,7-8,13-14,23-24H2,(H,42,43)(H,44,50)(H,45,51)/t32?,33?,36-,37-/m0/s1. The molecule has 2 aliphatic rings. The molecule has 12 heteroatoms. The molecule has 0 aliphatic carbocycles. The maximum Gasteiger partial charge on any atom is 0.256 e. The van der Waals surface area contributed by atoms with Crippen LogP contribution in [-0.2, 0) is 19.2 Å². The number of carbonyl (C=O) groups excluding carboxylic acids is 4. The summed E-state index contributed by atoms with van der Waals surface area (Å²) in [6, 6.07) is 30.6. The van der Waals surface area contributed by atoms with Gasteiger partial charge in [0.05, 0.1) is 17.7 Å². The molecule has 0 radical (unpaired) electrons. The van der Waals surface area contributed by atoms with Crippen molar-refractivity contribution in [2.75, 3.05) is 23.7 Å². The number of anilines is 2. The Bertz CT molecular complexity index is 1920. The van der Waals surface area contributed by atoms with Gasteiger partial charge in [0, 0.05) is 35.6 Å². The molecule has 5 aromatic rings. The molecule has 2 unspecified atom stereocenters. The van der Waals surface area contributed by atoms with Crippen LogP contribution in [0.15, 0.2) is 116 Å². The number of H-pyrrole nitrogens is 1. The van der Waals surface area contributed by atoms with Gasteiger partial charge < -0.3 is 35.6 Å². The van der Waals surface area contributed by atoms with Gasteiger partial charge in [0.15, 0.2) is 12.2 Å². The summed E-state index contributed by atoms with van der Waals surface area (Å²) < 4.78 is 0. The summed E-state index contributed by atoms with van der Waals surface area (Å²) in [6.07, 6.45) is 1.29. The number of aliphatic hydroxyl groups excluding tert-OH is 2. The minimum atomic E-state index is -1.33. The summed E-state index contributed by atoms with van der Waals surface area (Å²) in [5, 5.41) is 27.2. The van der Waals surface area contributed by atoms with Gasteiger partial charge in [-0.05, 0) is 61.1 Å². The smallest absolute Gasteiger partial charge is 0.256 e. The Hall–Kier alpha value is -6.11. The number of aromatic amines is 1. The van der Waals surface area contributed by atoms with E-state index in [9.17, 15) is 29.4 Å². The summed E-state index contributed by atoms with van der Waals surface area (Å²) in [7, 11) is 0. The number of rotatable bonds is 10. The van der Waals surface area contributed by atoms with Crippen LogP contribution < -0.4 is 10.6 Å². The first-order valence-corrected chi connectivity index (χ1v) is 17.7. The van der Waals surface area contributed by atoms with Crippen molar-refractivity contribution in [2.24, 2.45) is 0 Å².